The molecule has 0 amide bonds. The van der Waals surface area contributed by atoms with Crippen LogP contribution in [-0.4, -0.2) is 4.98 Å². The van der Waals surface area contributed by atoms with Gasteiger partial charge >= 0.3 is 0 Å². The Morgan fingerprint density at radius 1 is 1.12 bits per heavy atom. The fourth-order valence-corrected chi connectivity index (χ4v) is 2.87. The molecule has 0 spiro atoms. The summed E-state index contributed by atoms with van der Waals surface area (Å²) in [5.74, 6) is 0. The van der Waals surface area contributed by atoms with E-state index in [1.165, 1.54) is 26.6 Å². The van der Waals surface area contributed by atoms with E-state index in [1.54, 1.807) is 11.8 Å². The first-order valence-electron chi connectivity index (χ1n) is 5.25. The molecule has 3 rings (SSSR count). The molecule has 0 aliphatic carbocycles. The molecule has 1 N–H and O–H groups in total. The molecule has 1 aromatic carbocycles. The predicted molar refractivity (Wildman–Crippen MR) is 67.6 cm³/mol. The lowest BCUT2D eigenvalue weighted by molar-refractivity contribution is 1.20. The van der Waals surface area contributed by atoms with Crippen molar-refractivity contribution in [2.45, 2.75) is 23.6 Å². The van der Waals surface area contributed by atoms with Gasteiger partial charge in [0.15, 0.2) is 0 Å². The van der Waals surface area contributed by atoms with Gasteiger partial charge < -0.3 is 5.32 Å². The van der Waals surface area contributed by atoms with Crippen molar-refractivity contribution in [3.8, 4) is 0 Å². The maximum atomic E-state index is 4.15. The van der Waals surface area contributed by atoms with E-state index in [1.807, 2.05) is 18.5 Å². The van der Waals surface area contributed by atoms with Crippen LogP contribution in [0, 0.1) is 13.8 Å². The zero-order chi connectivity index (χ0) is 11.1. The Balaban J connectivity index is 2.16. The van der Waals surface area contributed by atoms with Gasteiger partial charge in [-0.3, -0.25) is 4.98 Å². The molecular formula is C13H12N2S. The summed E-state index contributed by atoms with van der Waals surface area (Å²) in [7, 11) is 0. The fraction of sp³-hybridized carbons (Fsp3) is 0.154. The molecule has 0 saturated carbocycles. The molecule has 0 saturated heterocycles. The molecule has 0 unspecified atom stereocenters. The molecule has 80 valence electrons. The van der Waals surface area contributed by atoms with Crippen LogP contribution in [-0.2, 0) is 0 Å². The number of aromatic nitrogens is 1. The lowest BCUT2D eigenvalue weighted by Crippen LogP contribution is -2.03. The van der Waals surface area contributed by atoms with Crippen molar-refractivity contribution in [1.82, 2.24) is 4.98 Å². The topological polar surface area (TPSA) is 24.9 Å². The number of pyridine rings is 1. The standard InChI is InChI=1S/C13H12N2S/c1-8-3-4-12-13(9(8)2)15-10-7-14-6-5-11(10)16-12/h3-7,15H,1-2H3. The maximum absolute atomic E-state index is 4.15. The molecule has 0 radical (unpaired) electrons. The summed E-state index contributed by atoms with van der Waals surface area (Å²) in [6, 6.07) is 6.40. The van der Waals surface area contributed by atoms with Gasteiger partial charge in [-0.05, 0) is 37.1 Å². The van der Waals surface area contributed by atoms with Crippen LogP contribution in [0.3, 0.4) is 0 Å². The molecule has 1 aliphatic rings. The van der Waals surface area contributed by atoms with E-state index in [4.69, 9.17) is 0 Å². The number of fused-ring (bicyclic) bond motifs is 2. The van der Waals surface area contributed by atoms with Gasteiger partial charge in [-0.25, -0.2) is 0 Å². The Hall–Kier alpha value is -1.48. The number of nitrogens with zero attached hydrogens (tertiary/aromatic N) is 1. The normalized spacial score (nSPS) is 12.6. The minimum Gasteiger partial charge on any atom is -0.352 e. The number of hydrogen-bond donors (Lipinski definition) is 1. The summed E-state index contributed by atoms with van der Waals surface area (Å²) in [5.41, 5.74) is 4.97. The predicted octanol–water partition coefficient (Wildman–Crippen LogP) is 3.91. The van der Waals surface area contributed by atoms with Crippen LogP contribution in [0.25, 0.3) is 0 Å². The van der Waals surface area contributed by atoms with Gasteiger partial charge in [0.1, 0.15) is 0 Å². The van der Waals surface area contributed by atoms with Crippen LogP contribution in [0.1, 0.15) is 11.1 Å². The quantitative estimate of drug-likeness (QED) is 0.631. The highest BCUT2D eigenvalue weighted by Gasteiger charge is 2.17. The number of benzene rings is 1. The first-order chi connectivity index (χ1) is 7.75. The van der Waals surface area contributed by atoms with Crippen molar-refractivity contribution < 1.29 is 0 Å². The van der Waals surface area contributed by atoms with E-state index < -0.39 is 0 Å². The Morgan fingerprint density at radius 2 is 2.00 bits per heavy atom. The van der Waals surface area contributed by atoms with Crippen LogP contribution in [0.4, 0.5) is 11.4 Å². The van der Waals surface area contributed by atoms with Crippen LogP contribution in [0.5, 0.6) is 0 Å². The van der Waals surface area contributed by atoms with Crippen LogP contribution < -0.4 is 5.32 Å². The number of aryl methyl sites for hydroxylation is 1. The SMILES string of the molecule is Cc1ccc2c(c1C)Nc1cnccc1S2. The summed E-state index contributed by atoms with van der Waals surface area (Å²) in [6.07, 6.45) is 3.71. The first-order valence-corrected chi connectivity index (χ1v) is 6.06. The van der Waals surface area contributed by atoms with Crippen molar-refractivity contribution in [3.63, 3.8) is 0 Å². The van der Waals surface area contributed by atoms with E-state index in [0.29, 0.717) is 0 Å². The molecule has 0 bridgehead atoms. The monoisotopic (exact) mass is 228 g/mol. The second kappa shape index (κ2) is 3.52. The van der Waals surface area contributed by atoms with Gasteiger partial charge in [0.2, 0.25) is 0 Å². The third-order valence-corrected chi connectivity index (χ3v) is 4.09. The van der Waals surface area contributed by atoms with E-state index in [0.717, 1.165) is 5.69 Å². The molecule has 2 nitrogen and oxygen atoms in total. The van der Waals surface area contributed by atoms with Crippen molar-refractivity contribution in [2.75, 3.05) is 5.32 Å². The molecule has 3 heteroatoms. The zero-order valence-corrected chi connectivity index (χ0v) is 10.1. The largest absolute Gasteiger partial charge is 0.352 e. The van der Waals surface area contributed by atoms with Gasteiger partial charge in [-0.2, -0.15) is 0 Å². The van der Waals surface area contributed by atoms with Gasteiger partial charge in [-0.15, -0.1) is 0 Å². The van der Waals surface area contributed by atoms with Gasteiger partial charge in [-0.1, -0.05) is 17.8 Å². The van der Waals surface area contributed by atoms with Crippen LogP contribution in [0.2, 0.25) is 0 Å². The third-order valence-electron chi connectivity index (χ3n) is 2.96. The van der Waals surface area contributed by atoms with E-state index in [9.17, 15) is 0 Å². The summed E-state index contributed by atoms with van der Waals surface area (Å²) < 4.78 is 0. The highest BCUT2D eigenvalue weighted by atomic mass is 32.2. The van der Waals surface area contributed by atoms with Crippen molar-refractivity contribution in [3.05, 3.63) is 41.7 Å². The molecule has 2 aromatic rings. The van der Waals surface area contributed by atoms with Crippen molar-refractivity contribution >= 4 is 23.1 Å². The van der Waals surface area contributed by atoms with E-state index >= 15 is 0 Å². The fourth-order valence-electron chi connectivity index (χ4n) is 1.85. The summed E-state index contributed by atoms with van der Waals surface area (Å²) in [5, 5.41) is 3.47. The molecule has 2 heterocycles. The van der Waals surface area contributed by atoms with Gasteiger partial charge in [0.05, 0.1) is 17.6 Å². The number of rotatable bonds is 0. The Bertz CT molecular complexity index is 564. The summed E-state index contributed by atoms with van der Waals surface area (Å²) in [4.78, 5) is 6.68. The number of anilines is 2. The second-order valence-electron chi connectivity index (χ2n) is 3.98. The van der Waals surface area contributed by atoms with Gasteiger partial charge in [0, 0.05) is 16.0 Å². The molecule has 16 heavy (non-hydrogen) atoms. The minimum absolute atomic E-state index is 1.11. The number of nitrogens with one attached hydrogen (secondary N) is 1. The Morgan fingerprint density at radius 3 is 2.88 bits per heavy atom. The third kappa shape index (κ3) is 1.39. The smallest absolute Gasteiger partial charge is 0.0712 e. The molecule has 0 fully saturated rings. The highest BCUT2D eigenvalue weighted by molar-refractivity contribution is 7.99. The molecular weight excluding hydrogens is 216 g/mol. The molecule has 0 atom stereocenters. The average Bonchev–Trinajstić information content (AvgIpc) is 2.32. The number of hydrogen-bond acceptors (Lipinski definition) is 3. The van der Waals surface area contributed by atoms with Crippen LogP contribution >= 0.6 is 11.8 Å². The Labute approximate surface area is 99.1 Å². The zero-order valence-electron chi connectivity index (χ0n) is 9.24. The van der Waals surface area contributed by atoms with Gasteiger partial charge in [0.25, 0.3) is 0 Å². The molecule has 1 aliphatic heterocycles. The second-order valence-corrected chi connectivity index (χ2v) is 5.06. The van der Waals surface area contributed by atoms with Crippen LogP contribution in [0.15, 0.2) is 40.4 Å². The lowest BCUT2D eigenvalue weighted by atomic mass is 10.1. The molecule has 1 aromatic heterocycles. The summed E-state index contributed by atoms with van der Waals surface area (Å²) in [6.45, 7) is 4.30. The van der Waals surface area contributed by atoms with Crippen molar-refractivity contribution in [2.24, 2.45) is 0 Å². The Kier molecular flexibility index (Phi) is 2.14. The lowest BCUT2D eigenvalue weighted by Gasteiger charge is -2.22. The van der Waals surface area contributed by atoms with E-state index in [-0.39, 0.29) is 0 Å². The first kappa shape index (κ1) is 9.73. The van der Waals surface area contributed by atoms with E-state index in [2.05, 4.69) is 36.3 Å². The van der Waals surface area contributed by atoms with Crippen molar-refractivity contribution in [1.29, 1.82) is 0 Å². The average molecular weight is 228 g/mol. The highest BCUT2D eigenvalue weighted by Crippen LogP contribution is 2.45. The minimum atomic E-state index is 1.11. The summed E-state index contributed by atoms with van der Waals surface area (Å²) >= 11 is 1.80. The maximum Gasteiger partial charge on any atom is 0.0712 e.